The molecule has 18 heavy (non-hydrogen) atoms. The number of rotatable bonds is 0. The molecule has 2 aromatic rings. The van der Waals surface area contributed by atoms with Crippen molar-refractivity contribution in [3.05, 3.63) is 43.3 Å². The molecule has 0 unspecified atom stereocenters. The summed E-state index contributed by atoms with van der Waals surface area (Å²) in [4.78, 5) is 0. The lowest BCUT2D eigenvalue weighted by atomic mass is 10.2. The predicted molar refractivity (Wildman–Crippen MR) is 78.5 cm³/mol. The normalized spacial score (nSPS) is 12.2. The summed E-state index contributed by atoms with van der Waals surface area (Å²) in [5.74, 6) is 2.29. The number of para-hydroxylation sites is 1. The van der Waals surface area contributed by atoms with Crippen LogP contribution in [0.1, 0.15) is 0 Å². The largest absolute Gasteiger partial charge is 0.449 e. The average molecular weight is 411 g/mol. The standard InChI is InChI=1S/C12H4Br2Cl2O2/c13-5-2-1-3-7-11(5)18-12-8(17-7)4-6(15)10(16)9(12)14/h1-4H. The summed E-state index contributed by atoms with van der Waals surface area (Å²) < 4.78 is 12.9. The highest BCUT2D eigenvalue weighted by Crippen LogP contribution is 2.54. The van der Waals surface area contributed by atoms with Crippen LogP contribution >= 0.6 is 55.1 Å². The van der Waals surface area contributed by atoms with E-state index in [-0.39, 0.29) is 0 Å². The van der Waals surface area contributed by atoms with E-state index in [0.29, 0.717) is 37.5 Å². The Balaban J connectivity index is 2.20. The Hall–Kier alpha value is -0.420. The van der Waals surface area contributed by atoms with E-state index < -0.39 is 0 Å². The smallest absolute Gasteiger partial charge is 0.185 e. The Morgan fingerprint density at radius 3 is 2.50 bits per heavy atom. The van der Waals surface area contributed by atoms with E-state index in [9.17, 15) is 0 Å². The summed E-state index contributed by atoms with van der Waals surface area (Å²) in [6.07, 6.45) is 0. The van der Waals surface area contributed by atoms with E-state index in [2.05, 4.69) is 31.9 Å². The molecule has 0 N–H and O–H groups in total. The molecule has 1 aliphatic heterocycles. The van der Waals surface area contributed by atoms with Gasteiger partial charge < -0.3 is 9.47 Å². The first-order chi connectivity index (χ1) is 8.58. The molecule has 0 spiro atoms. The molecule has 6 heteroatoms. The van der Waals surface area contributed by atoms with Crippen LogP contribution in [-0.4, -0.2) is 0 Å². The monoisotopic (exact) mass is 408 g/mol. The molecule has 2 nitrogen and oxygen atoms in total. The lowest BCUT2D eigenvalue weighted by Crippen LogP contribution is -2.00. The highest BCUT2D eigenvalue weighted by Gasteiger charge is 2.25. The van der Waals surface area contributed by atoms with E-state index in [1.165, 1.54) is 0 Å². The van der Waals surface area contributed by atoms with Crippen LogP contribution in [0.15, 0.2) is 33.2 Å². The van der Waals surface area contributed by atoms with Crippen LogP contribution in [0.3, 0.4) is 0 Å². The fourth-order valence-corrected chi connectivity index (χ4v) is 2.98. The van der Waals surface area contributed by atoms with Gasteiger partial charge in [0.15, 0.2) is 23.0 Å². The SMILES string of the molecule is Clc1cc2c(c(Br)c1Cl)Oc1c(Br)cccc1O2. The maximum atomic E-state index is 6.06. The molecule has 1 heterocycles. The van der Waals surface area contributed by atoms with Crippen molar-refractivity contribution in [1.29, 1.82) is 0 Å². The van der Waals surface area contributed by atoms with Crippen molar-refractivity contribution in [2.24, 2.45) is 0 Å². The van der Waals surface area contributed by atoms with Gasteiger partial charge in [0.25, 0.3) is 0 Å². The van der Waals surface area contributed by atoms with Gasteiger partial charge in [-0.25, -0.2) is 0 Å². The van der Waals surface area contributed by atoms with Crippen molar-refractivity contribution < 1.29 is 9.47 Å². The number of ether oxygens (including phenoxy) is 2. The number of halogens is 4. The number of hydrogen-bond donors (Lipinski definition) is 0. The van der Waals surface area contributed by atoms with Gasteiger partial charge >= 0.3 is 0 Å². The Bertz CT molecular complexity index is 659. The Morgan fingerprint density at radius 1 is 0.944 bits per heavy atom. The molecule has 0 radical (unpaired) electrons. The van der Waals surface area contributed by atoms with Crippen LogP contribution in [-0.2, 0) is 0 Å². The van der Waals surface area contributed by atoms with E-state index in [4.69, 9.17) is 32.7 Å². The zero-order valence-corrected chi connectivity index (χ0v) is 13.3. The van der Waals surface area contributed by atoms with Crippen LogP contribution in [0, 0.1) is 0 Å². The van der Waals surface area contributed by atoms with E-state index in [1.54, 1.807) is 6.07 Å². The minimum atomic E-state index is 0.398. The van der Waals surface area contributed by atoms with Gasteiger partial charge in [-0.15, -0.1) is 0 Å². The van der Waals surface area contributed by atoms with Crippen molar-refractivity contribution in [2.45, 2.75) is 0 Å². The highest BCUT2D eigenvalue weighted by molar-refractivity contribution is 9.11. The van der Waals surface area contributed by atoms with Crippen LogP contribution in [0.5, 0.6) is 23.0 Å². The third-order valence-corrected chi connectivity index (χ3v) is 4.84. The first-order valence-corrected chi connectivity index (χ1v) is 7.24. The zero-order valence-electron chi connectivity index (χ0n) is 8.64. The van der Waals surface area contributed by atoms with Gasteiger partial charge in [0.2, 0.25) is 0 Å². The molecule has 2 aromatic carbocycles. The van der Waals surface area contributed by atoms with Gasteiger partial charge in [0.1, 0.15) is 0 Å². The minimum absolute atomic E-state index is 0.398. The Kier molecular flexibility index (Phi) is 3.22. The molecule has 0 amide bonds. The molecule has 0 fully saturated rings. The molecule has 0 saturated carbocycles. The average Bonchev–Trinajstić information content (AvgIpc) is 2.35. The van der Waals surface area contributed by atoms with Crippen molar-refractivity contribution in [1.82, 2.24) is 0 Å². The van der Waals surface area contributed by atoms with Crippen molar-refractivity contribution in [2.75, 3.05) is 0 Å². The van der Waals surface area contributed by atoms with E-state index in [1.807, 2.05) is 18.2 Å². The second-order valence-electron chi connectivity index (χ2n) is 3.58. The first-order valence-electron chi connectivity index (χ1n) is 4.89. The third-order valence-electron chi connectivity index (χ3n) is 2.44. The quantitative estimate of drug-likeness (QED) is 0.398. The number of fused-ring (bicyclic) bond motifs is 2. The summed E-state index contributed by atoms with van der Waals surface area (Å²) in [5.41, 5.74) is 0. The molecular weight excluding hydrogens is 407 g/mol. The van der Waals surface area contributed by atoms with Gasteiger partial charge in [-0.1, -0.05) is 29.3 Å². The van der Waals surface area contributed by atoms with Gasteiger partial charge in [-0.3, -0.25) is 0 Å². The summed E-state index contributed by atoms with van der Waals surface area (Å²) in [6, 6.07) is 7.19. The predicted octanol–water partition coefficient (Wildman–Crippen LogP) is 6.42. The van der Waals surface area contributed by atoms with Crippen LogP contribution in [0.25, 0.3) is 0 Å². The van der Waals surface area contributed by atoms with Crippen LogP contribution in [0.4, 0.5) is 0 Å². The van der Waals surface area contributed by atoms with E-state index >= 15 is 0 Å². The second kappa shape index (κ2) is 4.60. The summed E-state index contributed by atoms with van der Waals surface area (Å²) in [7, 11) is 0. The number of hydrogen-bond acceptors (Lipinski definition) is 2. The van der Waals surface area contributed by atoms with E-state index in [0.717, 1.165) is 4.47 Å². The first kappa shape index (κ1) is 12.6. The molecule has 0 aliphatic carbocycles. The zero-order chi connectivity index (χ0) is 12.9. The van der Waals surface area contributed by atoms with Crippen molar-refractivity contribution >= 4 is 55.1 Å². The summed E-state index contributed by atoms with van der Waals surface area (Å²) >= 11 is 18.8. The molecule has 92 valence electrons. The molecule has 0 saturated heterocycles. The maximum absolute atomic E-state index is 6.06. The van der Waals surface area contributed by atoms with Crippen LogP contribution in [0.2, 0.25) is 10.0 Å². The third kappa shape index (κ3) is 1.92. The fourth-order valence-electron chi connectivity index (χ4n) is 1.62. The lowest BCUT2D eigenvalue weighted by molar-refractivity contribution is 0.356. The lowest BCUT2D eigenvalue weighted by Gasteiger charge is -2.23. The molecule has 0 atom stereocenters. The molecule has 0 aromatic heterocycles. The molecule has 0 bridgehead atoms. The fraction of sp³-hybridized carbons (Fsp3) is 0. The minimum Gasteiger partial charge on any atom is -0.449 e. The Morgan fingerprint density at radius 2 is 1.72 bits per heavy atom. The maximum Gasteiger partial charge on any atom is 0.185 e. The van der Waals surface area contributed by atoms with Crippen molar-refractivity contribution in [3.63, 3.8) is 0 Å². The summed E-state index contributed by atoms with van der Waals surface area (Å²) in [6.45, 7) is 0. The van der Waals surface area contributed by atoms with Gasteiger partial charge in [0.05, 0.1) is 19.0 Å². The van der Waals surface area contributed by atoms with Crippen molar-refractivity contribution in [3.8, 4) is 23.0 Å². The van der Waals surface area contributed by atoms with Gasteiger partial charge in [0, 0.05) is 6.07 Å². The second-order valence-corrected chi connectivity index (χ2v) is 6.02. The van der Waals surface area contributed by atoms with Gasteiger partial charge in [-0.2, -0.15) is 0 Å². The topological polar surface area (TPSA) is 18.5 Å². The molecule has 1 aliphatic rings. The molecule has 3 rings (SSSR count). The highest BCUT2D eigenvalue weighted by atomic mass is 79.9. The number of benzene rings is 2. The molecular formula is C12H4Br2Cl2O2. The summed E-state index contributed by atoms with van der Waals surface area (Å²) in [5, 5.41) is 0.804. The van der Waals surface area contributed by atoms with Gasteiger partial charge in [-0.05, 0) is 44.0 Å². The Labute approximate surface area is 130 Å². The van der Waals surface area contributed by atoms with Crippen LogP contribution < -0.4 is 9.47 Å².